The van der Waals surface area contributed by atoms with Gasteiger partial charge < -0.3 is 29.9 Å². The van der Waals surface area contributed by atoms with Crippen molar-refractivity contribution in [1.29, 1.82) is 0 Å². The van der Waals surface area contributed by atoms with Gasteiger partial charge in [-0.25, -0.2) is 0 Å². The number of hydrogen-bond acceptors (Lipinski definition) is 5. The van der Waals surface area contributed by atoms with Gasteiger partial charge in [0.15, 0.2) is 5.96 Å². The first-order valence-electron chi connectivity index (χ1n) is 12.0. The molecule has 1 aromatic rings. The number of likely N-dealkylation sites (tertiary alicyclic amines) is 1. The molecule has 7 nitrogen and oxygen atoms in total. The Morgan fingerprint density at radius 3 is 2.19 bits per heavy atom. The highest BCUT2D eigenvalue weighted by atomic mass is 16.5. The first kappa shape index (κ1) is 23.5. The van der Waals surface area contributed by atoms with Crippen LogP contribution in [0.2, 0.25) is 0 Å². The molecule has 2 saturated heterocycles. The Morgan fingerprint density at radius 2 is 1.61 bits per heavy atom. The molecule has 0 amide bonds. The van der Waals surface area contributed by atoms with Crippen LogP contribution in [0.1, 0.15) is 45.4 Å². The number of guanidine groups is 1. The summed E-state index contributed by atoms with van der Waals surface area (Å²) in [6.07, 6.45) is 7.59. The number of aliphatic imine (C=N–C) groups is 1. The SMILES string of the molecule is CCNC(=NCCN1CCCCCC1)NC1CCN(c2cc(OC)cc(OC)c2)CC1. The van der Waals surface area contributed by atoms with Crippen LogP contribution >= 0.6 is 0 Å². The van der Waals surface area contributed by atoms with Crippen molar-refractivity contribution in [3.05, 3.63) is 18.2 Å². The molecule has 0 bridgehead atoms. The van der Waals surface area contributed by atoms with E-state index in [1.807, 2.05) is 6.07 Å². The molecule has 0 atom stereocenters. The lowest BCUT2D eigenvalue weighted by Crippen LogP contribution is -2.49. The number of rotatable bonds is 8. The summed E-state index contributed by atoms with van der Waals surface area (Å²) in [6, 6.07) is 6.54. The van der Waals surface area contributed by atoms with Crippen LogP contribution in [0.5, 0.6) is 11.5 Å². The average Bonchev–Trinajstić information content (AvgIpc) is 3.08. The van der Waals surface area contributed by atoms with Gasteiger partial charge in [0.05, 0.1) is 20.8 Å². The molecule has 31 heavy (non-hydrogen) atoms. The van der Waals surface area contributed by atoms with Crippen LogP contribution in [-0.4, -0.2) is 76.9 Å². The number of hydrogen-bond donors (Lipinski definition) is 2. The Hall–Kier alpha value is -2.15. The van der Waals surface area contributed by atoms with E-state index < -0.39 is 0 Å². The van der Waals surface area contributed by atoms with Crippen LogP contribution in [0.25, 0.3) is 0 Å². The lowest BCUT2D eigenvalue weighted by atomic mass is 10.0. The maximum Gasteiger partial charge on any atom is 0.191 e. The van der Waals surface area contributed by atoms with Crippen LogP contribution in [-0.2, 0) is 0 Å². The Kier molecular flexibility index (Phi) is 9.59. The molecule has 2 aliphatic rings. The predicted molar refractivity (Wildman–Crippen MR) is 129 cm³/mol. The molecular weight excluding hydrogens is 390 g/mol. The maximum absolute atomic E-state index is 5.43. The second kappa shape index (κ2) is 12.6. The van der Waals surface area contributed by atoms with E-state index >= 15 is 0 Å². The number of piperidine rings is 1. The molecule has 3 rings (SSSR count). The van der Waals surface area contributed by atoms with E-state index in [1.54, 1.807) is 14.2 Å². The third kappa shape index (κ3) is 7.49. The monoisotopic (exact) mass is 431 g/mol. The minimum absolute atomic E-state index is 0.444. The van der Waals surface area contributed by atoms with Gasteiger partial charge in [0.25, 0.3) is 0 Å². The standard InChI is InChI=1S/C24H41N5O2/c1-4-25-24(26-11-16-28-12-7-5-6-8-13-28)27-20-9-14-29(15-10-20)21-17-22(30-2)19-23(18-21)31-3/h17-20H,4-16H2,1-3H3,(H2,25,26,27). The van der Waals surface area contributed by atoms with E-state index in [9.17, 15) is 0 Å². The van der Waals surface area contributed by atoms with Gasteiger partial charge >= 0.3 is 0 Å². The first-order chi connectivity index (χ1) is 15.2. The van der Waals surface area contributed by atoms with Gasteiger partial charge in [0.2, 0.25) is 0 Å². The van der Waals surface area contributed by atoms with Crippen molar-refractivity contribution in [2.75, 3.05) is 64.9 Å². The Balaban J connectivity index is 1.49. The third-order valence-electron chi connectivity index (χ3n) is 6.27. The van der Waals surface area contributed by atoms with E-state index in [1.165, 1.54) is 38.8 Å². The molecule has 7 heteroatoms. The summed E-state index contributed by atoms with van der Waals surface area (Å²) in [6.45, 7) is 9.40. The number of methoxy groups -OCH3 is 2. The Bertz CT molecular complexity index is 658. The second-order valence-electron chi connectivity index (χ2n) is 8.49. The van der Waals surface area contributed by atoms with Crippen molar-refractivity contribution in [2.45, 2.75) is 51.5 Å². The molecule has 174 valence electrons. The highest BCUT2D eigenvalue weighted by Gasteiger charge is 2.21. The molecule has 0 saturated carbocycles. The molecule has 1 aromatic carbocycles. The normalized spacial score (nSPS) is 19.1. The van der Waals surface area contributed by atoms with Gasteiger partial charge in [-0.2, -0.15) is 0 Å². The van der Waals surface area contributed by atoms with Crippen LogP contribution in [0, 0.1) is 0 Å². The van der Waals surface area contributed by atoms with Gasteiger partial charge in [-0.05, 0) is 45.7 Å². The van der Waals surface area contributed by atoms with E-state index in [0.717, 1.165) is 68.7 Å². The zero-order valence-electron chi connectivity index (χ0n) is 19.7. The third-order valence-corrected chi connectivity index (χ3v) is 6.27. The summed E-state index contributed by atoms with van der Waals surface area (Å²) in [7, 11) is 3.40. The van der Waals surface area contributed by atoms with Crippen molar-refractivity contribution in [3.8, 4) is 11.5 Å². The van der Waals surface area contributed by atoms with Gasteiger partial charge in [-0.15, -0.1) is 0 Å². The van der Waals surface area contributed by atoms with Gasteiger partial charge in [-0.3, -0.25) is 4.99 Å². The van der Waals surface area contributed by atoms with Gasteiger partial charge in [0.1, 0.15) is 11.5 Å². The zero-order chi connectivity index (χ0) is 21.9. The van der Waals surface area contributed by atoms with E-state index in [4.69, 9.17) is 14.5 Å². The van der Waals surface area contributed by atoms with E-state index in [2.05, 4.69) is 39.5 Å². The molecule has 0 radical (unpaired) electrons. The van der Waals surface area contributed by atoms with Crippen molar-refractivity contribution in [1.82, 2.24) is 15.5 Å². The number of nitrogens with zero attached hydrogens (tertiary/aromatic N) is 3. The molecule has 2 fully saturated rings. The number of anilines is 1. The Labute approximate surface area is 188 Å². The van der Waals surface area contributed by atoms with Gasteiger partial charge in [-0.1, -0.05) is 12.8 Å². The first-order valence-corrected chi connectivity index (χ1v) is 12.0. The van der Waals surface area contributed by atoms with Crippen molar-refractivity contribution in [2.24, 2.45) is 4.99 Å². The fourth-order valence-electron chi connectivity index (χ4n) is 4.43. The maximum atomic E-state index is 5.43. The summed E-state index contributed by atoms with van der Waals surface area (Å²) >= 11 is 0. The Morgan fingerprint density at radius 1 is 0.968 bits per heavy atom. The highest BCUT2D eigenvalue weighted by Crippen LogP contribution is 2.30. The quantitative estimate of drug-likeness (QED) is 0.487. The van der Waals surface area contributed by atoms with Gasteiger partial charge in [0, 0.05) is 56.1 Å². The minimum atomic E-state index is 0.444. The minimum Gasteiger partial charge on any atom is -0.497 e. The van der Waals surface area contributed by atoms with Crippen LogP contribution < -0.4 is 25.0 Å². The molecular formula is C24H41N5O2. The summed E-state index contributed by atoms with van der Waals surface area (Å²) < 4.78 is 10.9. The van der Waals surface area contributed by atoms with E-state index in [-0.39, 0.29) is 0 Å². The molecule has 0 unspecified atom stereocenters. The average molecular weight is 432 g/mol. The van der Waals surface area contributed by atoms with Crippen molar-refractivity contribution in [3.63, 3.8) is 0 Å². The highest BCUT2D eigenvalue weighted by molar-refractivity contribution is 5.80. The number of benzene rings is 1. The summed E-state index contributed by atoms with van der Waals surface area (Å²) in [5, 5.41) is 7.10. The molecule has 0 aromatic heterocycles. The fraction of sp³-hybridized carbons (Fsp3) is 0.708. The lowest BCUT2D eigenvalue weighted by molar-refractivity contribution is 0.293. The zero-order valence-corrected chi connectivity index (χ0v) is 19.7. The summed E-state index contributed by atoms with van der Waals surface area (Å²) in [5.74, 6) is 2.62. The molecule has 0 spiro atoms. The van der Waals surface area contributed by atoms with Crippen LogP contribution in [0.3, 0.4) is 0 Å². The summed E-state index contributed by atoms with van der Waals surface area (Å²) in [4.78, 5) is 9.84. The topological polar surface area (TPSA) is 61.4 Å². The molecule has 2 aliphatic heterocycles. The molecule has 2 heterocycles. The smallest absolute Gasteiger partial charge is 0.191 e. The largest absolute Gasteiger partial charge is 0.497 e. The summed E-state index contributed by atoms with van der Waals surface area (Å²) in [5.41, 5.74) is 1.16. The fourth-order valence-corrected chi connectivity index (χ4v) is 4.43. The molecule has 0 aliphatic carbocycles. The lowest BCUT2D eigenvalue weighted by Gasteiger charge is -2.35. The van der Waals surface area contributed by atoms with Crippen molar-refractivity contribution < 1.29 is 9.47 Å². The number of ether oxygens (including phenoxy) is 2. The van der Waals surface area contributed by atoms with Crippen LogP contribution in [0.4, 0.5) is 5.69 Å². The van der Waals surface area contributed by atoms with E-state index in [0.29, 0.717) is 6.04 Å². The second-order valence-corrected chi connectivity index (χ2v) is 8.49. The van der Waals surface area contributed by atoms with Crippen LogP contribution in [0.15, 0.2) is 23.2 Å². The predicted octanol–water partition coefficient (Wildman–Crippen LogP) is 3.10. The van der Waals surface area contributed by atoms with Crippen molar-refractivity contribution >= 4 is 11.6 Å². The molecule has 2 N–H and O–H groups in total. The number of nitrogens with one attached hydrogen (secondary N) is 2.